The molecule has 0 aliphatic carbocycles. The number of hydrogen-bond donors (Lipinski definition) is 3. The molecule has 0 saturated carbocycles. The number of carboxylic acids is 1. The summed E-state index contributed by atoms with van der Waals surface area (Å²) >= 11 is 0. The van der Waals surface area contributed by atoms with Crippen LogP contribution in [0.1, 0.15) is 16.2 Å². The summed E-state index contributed by atoms with van der Waals surface area (Å²) in [6.45, 7) is 0.350. The number of nitrogens with zero attached hydrogens (tertiary/aromatic N) is 1. The molecule has 1 heterocycles. The van der Waals surface area contributed by atoms with E-state index in [2.05, 4.69) is 10.3 Å². The molecule has 0 fully saturated rings. The first kappa shape index (κ1) is 11.1. The van der Waals surface area contributed by atoms with E-state index in [0.717, 1.165) is 0 Å². The molecule has 0 spiro atoms. The van der Waals surface area contributed by atoms with Gasteiger partial charge in [0.05, 0.1) is 12.2 Å². The largest absolute Gasteiger partial charge is 0.477 e. The second-order valence-corrected chi connectivity index (χ2v) is 2.89. The Bertz CT molecular complexity index is 379. The molecular formula is C9H11N3O3. The maximum absolute atomic E-state index is 10.6. The van der Waals surface area contributed by atoms with Gasteiger partial charge in [0.1, 0.15) is 5.69 Å². The normalized spacial score (nSPS) is 9.87. The average Bonchev–Trinajstić information content (AvgIpc) is 2.17. The van der Waals surface area contributed by atoms with Crippen molar-refractivity contribution in [1.82, 2.24) is 10.3 Å². The van der Waals surface area contributed by atoms with Crippen molar-refractivity contribution < 1.29 is 14.7 Å². The summed E-state index contributed by atoms with van der Waals surface area (Å²) < 4.78 is 0. The third-order valence-electron chi connectivity index (χ3n) is 1.63. The van der Waals surface area contributed by atoms with Gasteiger partial charge in [-0.25, -0.2) is 9.78 Å². The molecule has 0 unspecified atom stereocenters. The van der Waals surface area contributed by atoms with Crippen LogP contribution in [0.15, 0.2) is 18.2 Å². The number of nitrogens with one attached hydrogen (secondary N) is 1. The van der Waals surface area contributed by atoms with Crippen LogP contribution in [-0.2, 0) is 11.3 Å². The van der Waals surface area contributed by atoms with Crippen LogP contribution >= 0.6 is 0 Å². The highest BCUT2D eigenvalue weighted by molar-refractivity contribution is 5.85. The first-order valence-electron chi connectivity index (χ1n) is 4.28. The van der Waals surface area contributed by atoms with E-state index in [0.29, 0.717) is 12.2 Å². The van der Waals surface area contributed by atoms with Gasteiger partial charge >= 0.3 is 5.97 Å². The number of hydrogen-bond acceptors (Lipinski definition) is 4. The molecule has 0 atom stereocenters. The Morgan fingerprint density at radius 1 is 1.47 bits per heavy atom. The molecule has 15 heavy (non-hydrogen) atoms. The minimum Gasteiger partial charge on any atom is -0.477 e. The van der Waals surface area contributed by atoms with Crippen LogP contribution < -0.4 is 11.1 Å². The number of aromatic nitrogens is 1. The maximum atomic E-state index is 10.6. The number of carboxylic acid groups (broad SMARTS) is 1. The summed E-state index contributed by atoms with van der Waals surface area (Å²) in [6, 6.07) is 4.66. The van der Waals surface area contributed by atoms with E-state index in [1.165, 1.54) is 6.07 Å². The number of aromatic carboxylic acids is 1. The number of carbonyl (C=O) groups excluding carboxylic acids is 1. The van der Waals surface area contributed by atoms with Crippen LogP contribution in [0.5, 0.6) is 0 Å². The number of nitrogens with two attached hydrogens (primary N) is 1. The number of primary amides is 1. The van der Waals surface area contributed by atoms with Crippen molar-refractivity contribution in [3.05, 3.63) is 29.6 Å². The van der Waals surface area contributed by atoms with E-state index in [-0.39, 0.29) is 12.2 Å². The Hall–Kier alpha value is -1.95. The third kappa shape index (κ3) is 3.74. The van der Waals surface area contributed by atoms with Gasteiger partial charge < -0.3 is 16.2 Å². The van der Waals surface area contributed by atoms with Gasteiger partial charge in [-0.15, -0.1) is 0 Å². The van der Waals surface area contributed by atoms with Gasteiger partial charge in [0.15, 0.2) is 0 Å². The number of amides is 1. The zero-order valence-corrected chi connectivity index (χ0v) is 7.93. The summed E-state index contributed by atoms with van der Waals surface area (Å²) in [5, 5.41) is 11.4. The minimum atomic E-state index is -1.08. The molecule has 0 aliphatic rings. The molecule has 4 N–H and O–H groups in total. The molecule has 0 radical (unpaired) electrons. The highest BCUT2D eigenvalue weighted by Crippen LogP contribution is 1.98. The van der Waals surface area contributed by atoms with Crippen LogP contribution in [0.25, 0.3) is 0 Å². The highest BCUT2D eigenvalue weighted by atomic mass is 16.4. The Kier molecular flexibility index (Phi) is 3.75. The molecule has 0 aromatic carbocycles. The van der Waals surface area contributed by atoms with Gasteiger partial charge in [0.25, 0.3) is 0 Å². The fourth-order valence-electron chi connectivity index (χ4n) is 1.01. The average molecular weight is 209 g/mol. The molecule has 0 saturated heterocycles. The molecule has 6 nitrogen and oxygen atoms in total. The van der Waals surface area contributed by atoms with Crippen molar-refractivity contribution in [3.8, 4) is 0 Å². The van der Waals surface area contributed by atoms with Gasteiger partial charge in [0.2, 0.25) is 5.91 Å². The highest BCUT2D eigenvalue weighted by Gasteiger charge is 2.04. The lowest BCUT2D eigenvalue weighted by Gasteiger charge is -2.02. The SMILES string of the molecule is NC(=O)CNCc1cccc(C(=O)O)n1. The van der Waals surface area contributed by atoms with Gasteiger partial charge in [-0.3, -0.25) is 4.79 Å². The van der Waals surface area contributed by atoms with Gasteiger partial charge in [0, 0.05) is 6.54 Å². The van der Waals surface area contributed by atoms with Crippen LogP contribution in [0.3, 0.4) is 0 Å². The zero-order chi connectivity index (χ0) is 11.3. The second-order valence-electron chi connectivity index (χ2n) is 2.89. The fraction of sp³-hybridized carbons (Fsp3) is 0.222. The quantitative estimate of drug-likeness (QED) is 0.597. The molecule has 80 valence electrons. The van der Waals surface area contributed by atoms with Crippen LogP contribution in [0.2, 0.25) is 0 Å². The van der Waals surface area contributed by atoms with E-state index in [1.54, 1.807) is 12.1 Å². The molecular weight excluding hydrogens is 198 g/mol. The van der Waals surface area contributed by atoms with Crippen molar-refractivity contribution in [1.29, 1.82) is 0 Å². The van der Waals surface area contributed by atoms with Crippen molar-refractivity contribution >= 4 is 11.9 Å². The van der Waals surface area contributed by atoms with Crippen molar-refractivity contribution in [2.75, 3.05) is 6.54 Å². The Labute approximate surface area is 86.1 Å². The molecule has 1 aromatic heterocycles. The molecule has 0 aliphatic heterocycles. The van der Waals surface area contributed by atoms with Crippen molar-refractivity contribution in [3.63, 3.8) is 0 Å². The Balaban J connectivity index is 2.58. The zero-order valence-electron chi connectivity index (χ0n) is 7.93. The predicted molar refractivity (Wildman–Crippen MR) is 52.1 cm³/mol. The molecule has 1 aromatic rings. The van der Waals surface area contributed by atoms with Crippen LogP contribution in [-0.4, -0.2) is 28.5 Å². The third-order valence-corrected chi connectivity index (χ3v) is 1.63. The molecule has 1 amide bonds. The van der Waals surface area contributed by atoms with E-state index >= 15 is 0 Å². The summed E-state index contributed by atoms with van der Waals surface area (Å²) in [5.41, 5.74) is 5.45. The number of pyridine rings is 1. The van der Waals surface area contributed by atoms with E-state index in [1.807, 2.05) is 0 Å². The summed E-state index contributed by atoms with van der Waals surface area (Å²) in [7, 11) is 0. The summed E-state index contributed by atoms with van der Waals surface area (Å²) in [5.74, 6) is -1.55. The van der Waals surface area contributed by atoms with Crippen molar-refractivity contribution in [2.45, 2.75) is 6.54 Å². The maximum Gasteiger partial charge on any atom is 0.354 e. The number of rotatable bonds is 5. The van der Waals surface area contributed by atoms with Gasteiger partial charge in [-0.05, 0) is 12.1 Å². The lowest BCUT2D eigenvalue weighted by Crippen LogP contribution is -2.28. The summed E-state index contributed by atoms with van der Waals surface area (Å²) in [6.07, 6.45) is 0. The molecule has 6 heteroatoms. The van der Waals surface area contributed by atoms with E-state index in [4.69, 9.17) is 10.8 Å². The van der Waals surface area contributed by atoms with E-state index < -0.39 is 11.9 Å². The van der Waals surface area contributed by atoms with E-state index in [9.17, 15) is 9.59 Å². The first-order valence-corrected chi connectivity index (χ1v) is 4.28. The lowest BCUT2D eigenvalue weighted by molar-refractivity contribution is -0.117. The Morgan fingerprint density at radius 3 is 2.80 bits per heavy atom. The standard InChI is InChI=1S/C9H11N3O3/c10-8(13)5-11-4-6-2-1-3-7(12-6)9(14)15/h1-3,11H,4-5H2,(H2,10,13)(H,14,15). The summed E-state index contributed by atoms with van der Waals surface area (Å²) in [4.78, 5) is 24.8. The fourth-order valence-corrected chi connectivity index (χ4v) is 1.01. The van der Waals surface area contributed by atoms with Crippen LogP contribution in [0, 0.1) is 0 Å². The predicted octanol–water partition coefficient (Wildman–Crippen LogP) is -0.645. The number of carbonyl (C=O) groups is 2. The topological polar surface area (TPSA) is 105 Å². The first-order chi connectivity index (χ1) is 7.09. The van der Waals surface area contributed by atoms with Crippen LogP contribution in [0.4, 0.5) is 0 Å². The smallest absolute Gasteiger partial charge is 0.354 e. The second kappa shape index (κ2) is 5.06. The van der Waals surface area contributed by atoms with Crippen molar-refractivity contribution in [2.24, 2.45) is 5.73 Å². The monoisotopic (exact) mass is 209 g/mol. The minimum absolute atomic E-state index is 0.0200. The van der Waals surface area contributed by atoms with Gasteiger partial charge in [-0.2, -0.15) is 0 Å². The lowest BCUT2D eigenvalue weighted by atomic mass is 10.3. The Morgan fingerprint density at radius 2 is 2.20 bits per heavy atom. The van der Waals surface area contributed by atoms with Gasteiger partial charge in [-0.1, -0.05) is 6.07 Å². The molecule has 1 rings (SSSR count). The molecule has 0 bridgehead atoms.